The van der Waals surface area contributed by atoms with Crippen LogP contribution in [0.3, 0.4) is 0 Å². The van der Waals surface area contributed by atoms with Crippen LogP contribution in [0.1, 0.15) is 0 Å². The van der Waals surface area contributed by atoms with Crippen molar-refractivity contribution in [1.29, 1.82) is 0 Å². The van der Waals surface area contributed by atoms with E-state index >= 15 is 0 Å². The first kappa shape index (κ1) is 12.2. The molecule has 0 aliphatic carbocycles. The topological polar surface area (TPSA) is 67.6 Å². The van der Waals surface area contributed by atoms with E-state index in [2.05, 4.69) is 15.2 Å². The SMILES string of the molecule is Nc1nc2cc(Cl)c(Cl)cc2s1.c1cn[nH]c1. The van der Waals surface area contributed by atoms with Gasteiger partial charge in [0.15, 0.2) is 5.13 Å². The summed E-state index contributed by atoms with van der Waals surface area (Å²) in [6.45, 7) is 0. The zero-order chi connectivity index (χ0) is 12.3. The number of fused-ring (bicyclic) bond motifs is 1. The summed E-state index contributed by atoms with van der Waals surface area (Å²) in [7, 11) is 0. The fourth-order valence-electron chi connectivity index (χ4n) is 1.16. The summed E-state index contributed by atoms with van der Waals surface area (Å²) in [5, 5.41) is 7.78. The number of aromatic amines is 1. The van der Waals surface area contributed by atoms with Crippen LogP contribution < -0.4 is 5.73 Å². The van der Waals surface area contributed by atoms with Gasteiger partial charge in [0.25, 0.3) is 0 Å². The van der Waals surface area contributed by atoms with Gasteiger partial charge in [-0.3, -0.25) is 5.10 Å². The molecular formula is C10H8Cl2N4S. The number of thiazole rings is 1. The molecule has 0 unspecified atom stereocenters. The van der Waals surface area contributed by atoms with Crippen molar-refractivity contribution in [3.63, 3.8) is 0 Å². The van der Waals surface area contributed by atoms with E-state index in [0.29, 0.717) is 15.2 Å². The molecular weight excluding hydrogens is 279 g/mol. The first-order valence-corrected chi connectivity index (χ1v) is 6.19. The van der Waals surface area contributed by atoms with Crippen molar-refractivity contribution < 1.29 is 0 Å². The average molecular weight is 287 g/mol. The number of rotatable bonds is 0. The quantitative estimate of drug-likeness (QED) is 0.664. The summed E-state index contributed by atoms with van der Waals surface area (Å²) in [5.41, 5.74) is 6.31. The Labute approximate surface area is 111 Å². The maximum Gasteiger partial charge on any atom is 0.181 e. The fourth-order valence-corrected chi connectivity index (χ4v) is 2.30. The Morgan fingerprint density at radius 3 is 2.59 bits per heavy atom. The van der Waals surface area contributed by atoms with Gasteiger partial charge in [0.05, 0.1) is 20.3 Å². The molecule has 17 heavy (non-hydrogen) atoms. The number of hydrogen-bond acceptors (Lipinski definition) is 4. The molecule has 88 valence electrons. The van der Waals surface area contributed by atoms with Crippen molar-refractivity contribution in [2.75, 3.05) is 5.73 Å². The smallest absolute Gasteiger partial charge is 0.181 e. The molecule has 4 nitrogen and oxygen atoms in total. The van der Waals surface area contributed by atoms with Crippen molar-refractivity contribution >= 4 is 49.9 Å². The van der Waals surface area contributed by atoms with Crippen molar-refractivity contribution in [2.45, 2.75) is 0 Å². The normalized spacial score (nSPS) is 10.0. The van der Waals surface area contributed by atoms with E-state index in [-0.39, 0.29) is 0 Å². The van der Waals surface area contributed by atoms with Gasteiger partial charge in [0, 0.05) is 12.4 Å². The van der Waals surface area contributed by atoms with Crippen LogP contribution in [0, 0.1) is 0 Å². The summed E-state index contributed by atoms with van der Waals surface area (Å²) in [5.74, 6) is 0. The number of H-pyrrole nitrogens is 1. The number of aromatic nitrogens is 3. The predicted molar refractivity (Wildman–Crippen MR) is 72.6 cm³/mol. The molecule has 0 saturated carbocycles. The molecule has 0 spiro atoms. The third-order valence-electron chi connectivity index (χ3n) is 1.85. The van der Waals surface area contributed by atoms with Crippen LogP contribution in [0.2, 0.25) is 10.0 Å². The molecule has 1 aromatic carbocycles. The Balaban J connectivity index is 0.000000181. The molecule has 2 aromatic heterocycles. The minimum atomic E-state index is 0.509. The molecule has 7 heteroatoms. The van der Waals surface area contributed by atoms with Gasteiger partial charge in [-0.05, 0) is 18.2 Å². The molecule has 3 rings (SSSR count). The van der Waals surface area contributed by atoms with Crippen molar-refractivity contribution in [3.05, 3.63) is 40.6 Å². The third-order valence-corrected chi connectivity index (χ3v) is 3.42. The molecule has 0 radical (unpaired) electrons. The van der Waals surface area contributed by atoms with Gasteiger partial charge in [-0.25, -0.2) is 4.98 Å². The van der Waals surface area contributed by atoms with E-state index < -0.39 is 0 Å². The first-order chi connectivity index (χ1) is 8.16. The maximum absolute atomic E-state index is 5.80. The number of nitrogen functional groups attached to an aromatic ring is 1. The van der Waals surface area contributed by atoms with Crippen LogP contribution in [0.5, 0.6) is 0 Å². The standard InChI is InChI=1S/C7H4Cl2N2S.C3H4N2/c8-3-1-5-6(2-4(3)9)12-7(10)11-5;1-2-4-5-3-1/h1-2H,(H2,10,11);1-3H,(H,4,5). The van der Waals surface area contributed by atoms with Gasteiger partial charge in [0.2, 0.25) is 0 Å². The van der Waals surface area contributed by atoms with Crippen LogP contribution in [0.25, 0.3) is 10.2 Å². The van der Waals surface area contributed by atoms with Crippen LogP contribution in [0.15, 0.2) is 30.6 Å². The number of anilines is 1. The Morgan fingerprint density at radius 2 is 2.00 bits per heavy atom. The molecule has 0 aliphatic heterocycles. The van der Waals surface area contributed by atoms with Gasteiger partial charge < -0.3 is 5.73 Å². The van der Waals surface area contributed by atoms with E-state index in [9.17, 15) is 0 Å². The molecule has 0 saturated heterocycles. The fraction of sp³-hybridized carbons (Fsp3) is 0. The van der Waals surface area contributed by atoms with E-state index in [0.717, 1.165) is 10.2 Å². The minimum Gasteiger partial charge on any atom is -0.375 e. The van der Waals surface area contributed by atoms with Gasteiger partial charge >= 0.3 is 0 Å². The van der Waals surface area contributed by atoms with E-state index in [4.69, 9.17) is 28.9 Å². The summed E-state index contributed by atoms with van der Waals surface area (Å²) in [6, 6.07) is 5.32. The second-order valence-electron chi connectivity index (χ2n) is 3.05. The number of benzene rings is 1. The Hall–Kier alpha value is -1.30. The highest BCUT2D eigenvalue weighted by molar-refractivity contribution is 7.22. The Morgan fingerprint density at radius 1 is 1.24 bits per heavy atom. The molecule has 0 amide bonds. The number of nitrogens with one attached hydrogen (secondary N) is 1. The monoisotopic (exact) mass is 286 g/mol. The van der Waals surface area contributed by atoms with Crippen molar-refractivity contribution in [2.24, 2.45) is 0 Å². The number of nitrogens with two attached hydrogens (primary N) is 1. The largest absolute Gasteiger partial charge is 0.375 e. The molecule has 0 fully saturated rings. The van der Waals surface area contributed by atoms with Crippen LogP contribution in [-0.4, -0.2) is 15.2 Å². The van der Waals surface area contributed by atoms with Gasteiger partial charge in [-0.1, -0.05) is 34.5 Å². The molecule has 0 bridgehead atoms. The lowest BCUT2D eigenvalue weighted by Gasteiger charge is -1.92. The van der Waals surface area contributed by atoms with Gasteiger partial charge in [0.1, 0.15) is 0 Å². The summed E-state index contributed by atoms with van der Waals surface area (Å²) >= 11 is 13.0. The maximum atomic E-state index is 5.80. The molecule has 3 N–H and O–H groups in total. The molecule has 2 heterocycles. The molecule has 0 aliphatic rings. The molecule has 3 aromatic rings. The summed E-state index contributed by atoms with van der Waals surface area (Å²) in [4.78, 5) is 4.07. The second kappa shape index (κ2) is 5.35. The van der Waals surface area contributed by atoms with E-state index in [1.54, 1.807) is 24.5 Å². The number of halogens is 2. The average Bonchev–Trinajstić information content (AvgIpc) is 2.91. The highest BCUT2D eigenvalue weighted by Crippen LogP contribution is 2.31. The van der Waals surface area contributed by atoms with Crippen LogP contribution in [0.4, 0.5) is 5.13 Å². The second-order valence-corrected chi connectivity index (χ2v) is 4.93. The number of nitrogens with zero attached hydrogens (tertiary/aromatic N) is 2. The highest BCUT2D eigenvalue weighted by Gasteiger charge is 2.04. The third kappa shape index (κ3) is 3.09. The first-order valence-electron chi connectivity index (χ1n) is 4.61. The predicted octanol–water partition coefficient (Wildman–Crippen LogP) is 3.60. The van der Waals surface area contributed by atoms with Crippen molar-refractivity contribution in [3.8, 4) is 0 Å². The van der Waals surface area contributed by atoms with Crippen LogP contribution in [-0.2, 0) is 0 Å². The lowest BCUT2D eigenvalue weighted by Crippen LogP contribution is -1.79. The Bertz CT molecular complexity index is 550. The zero-order valence-electron chi connectivity index (χ0n) is 8.52. The summed E-state index contributed by atoms with van der Waals surface area (Å²) in [6.07, 6.45) is 3.46. The lowest BCUT2D eigenvalue weighted by atomic mass is 10.3. The van der Waals surface area contributed by atoms with Gasteiger partial charge in [-0.2, -0.15) is 5.10 Å². The number of hydrogen-bond donors (Lipinski definition) is 2. The minimum absolute atomic E-state index is 0.509. The molecule has 0 atom stereocenters. The zero-order valence-corrected chi connectivity index (χ0v) is 10.9. The summed E-state index contributed by atoms with van der Waals surface area (Å²) < 4.78 is 0.960. The Kier molecular flexibility index (Phi) is 3.83. The van der Waals surface area contributed by atoms with Crippen molar-refractivity contribution in [1.82, 2.24) is 15.2 Å². The van der Waals surface area contributed by atoms with E-state index in [1.165, 1.54) is 11.3 Å². The highest BCUT2D eigenvalue weighted by atomic mass is 35.5. The van der Waals surface area contributed by atoms with Crippen LogP contribution >= 0.6 is 34.5 Å². The lowest BCUT2D eigenvalue weighted by molar-refractivity contribution is 1.09. The van der Waals surface area contributed by atoms with Gasteiger partial charge in [-0.15, -0.1) is 0 Å². The van der Waals surface area contributed by atoms with E-state index in [1.807, 2.05) is 6.07 Å².